The molecule has 8 heteroatoms. The van der Waals surface area contributed by atoms with Crippen LogP contribution in [0.15, 0.2) is 60.7 Å². The van der Waals surface area contributed by atoms with Crippen LogP contribution in [-0.2, 0) is 6.61 Å². The summed E-state index contributed by atoms with van der Waals surface area (Å²) in [6.07, 6.45) is 1.57. The highest BCUT2D eigenvalue weighted by atomic mass is 127. The fourth-order valence-electron chi connectivity index (χ4n) is 2.67. The first-order chi connectivity index (χ1) is 14.4. The molecule has 0 fully saturated rings. The van der Waals surface area contributed by atoms with Gasteiger partial charge in [-0.25, -0.2) is 0 Å². The molecule has 0 saturated heterocycles. The lowest BCUT2D eigenvalue weighted by Gasteiger charge is -2.11. The lowest BCUT2D eigenvalue weighted by molar-refractivity contribution is -0.384. The molecule has 5 nitrogen and oxygen atoms in total. The number of nitrogens with zero attached hydrogens (tertiary/aromatic N) is 2. The van der Waals surface area contributed by atoms with Crippen LogP contribution in [0.4, 0.5) is 5.69 Å². The number of hydrogen-bond donors (Lipinski definition) is 0. The molecule has 3 rings (SSSR count). The van der Waals surface area contributed by atoms with E-state index >= 15 is 0 Å². The van der Waals surface area contributed by atoms with Gasteiger partial charge in [0, 0.05) is 15.7 Å². The van der Waals surface area contributed by atoms with E-state index in [1.807, 2.05) is 24.3 Å². The Morgan fingerprint density at radius 2 is 1.80 bits per heavy atom. The molecule has 0 saturated carbocycles. The van der Waals surface area contributed by atoms with Gasteiger partial charge in [-0.3, -0.25) is 10.1 Å². The van der Waals surface area contributed by atoms with Gasteiger partial charge in [0.25, 0.3) is 5.69 Å². The van der Waals surface area contributed by atoms with Crippen LogP contribution in [0.5, 0.6) is 5.75 Å². The molecule has 30 heavy (non-hydrogen) atoms. The maximum atomic E-state index is 11.0. The third kappa shape index (κ3) is 5.51. The van der Waals surface area contributed by atoms with Crippen LogP contribution in [0.2, 0.25) is 10.0 Å². The van der Waals surface area contributed by atoms with E-state index in [0.29, 0.717) is 33.5 Å². The number of rotatable bonds is 6. The molecule has 0 aliphatic heterocycles. The predicted molar refractivity (Wildman–Crippen MR) is 127 cm³/mol. The molecule has 0 aliphatic carbocycles. The van der Waals surface area contributed by atoms with Crippen molar-refractivity contribution in [1.29, 1.82) is 5.26 Å². The van der Waals surface area contributed by atoms with E-state index in [1.165, 1.54) is 18.2 Å². The molecule has 0 aromatic heterocycles. The van der Waals surface area contributed by atoms with Crippen molar-refractivity contribution in [3.05, 3.63) is 101 Å². The van der Waals surface area contributed by atoms with Crippen molar-refractivity contribution in [1.82, 2.24) is 0 Å². The summed E-state index contributed by atoms with van der Waals surface area (Å²) in [7, 11) is 0. The number of non-ortho nitro benzene ring substituents is 1. The molecule has 0 spiro atoms. The molecule has 0 bridgehead atoms. The minimum absolute atomic E-state index is 0.0935. The smallest absolute Gasteiger partial charge is 0.270 e. The standard InChI is InChI=1S/C22H13Cl2IN2O3/c23-20-9-15(8-17(12-26)16-2-1-3-19(11-16)27(28)29)10-21(24)22(20)30-13-14-4-6-18(25)7-5-14/h1-11H,13H2/b17-8-. The van der Waals surface area contributed by atoms with Crippen molar-refractivity contribution in [2.75, 3.05) is 0 Å². The summed E-state index contributed by atoms with van der Waals surface area (Å²) in [6, 6.07) is 19.1. The molecule has 0 heterocycles. The summed E-state index contributed by atoms with van der Waals surface area (Å²) in [4.78, 5) is 10.5. The number of nitriles is 1. The number of nitro groups is 1. The zero-order valence-electron chi connectivity index (χ0n) is 15.3. The van der Waals surface area contributed by atoms with Crippen molar-refractivity contribution >= 4 is 63.1 Å². The summed E-state index contributed by atoms with van der Waals surface area (Å²) >= 11 is 14.9. The molecule has 0 amide bonds. The predicted octanol–water partition coefficient (Wildman–Crippen LogP) is 7.15. The summed E-state index contributed by atoms with van der Waals surface area (Å²) in [6.45, 7) is 0.308. The average Bonchev–Trinajstić information content (AvgIpc) is 2.72. The molecule has 0 aliphatic rings. The summed E-state index contributed by atoms with van der Waals surface area (Å²) in [5.74, 6) is 0.350. The number of hydrogen-bond acceptors (Lipinski definition) is 4. The van der Waals surface area contributed by atoms with Crippen LogP contribution >= 0.6 is 45.8 Å². The number of ether oxygens (including phenoxy) is 1. The second-order valence-electron chi connectivity index (χ2n) is 6.21. The first kappa shape index (κ1) is 22.1. The fourth-order valence-corrected chi connectivity index (χ4v) is 3.64. The molecular formula is C22H13Cl2IN2O3. The van der Waals surface area contributed by atoms with Crippen LogP contribution < -0.4 is 4.74 Å². The van der Waals surface area contributed by atoms with Crippen LogP contribution in [0.3, 0.4) is 0 Å². The third-order valence-corrected chi connectivity index (χ3v) is 5.40. The Morgan fingerprint density at radius 3 is 2.40 bits per heavy atom. The van der Waals surface area contributed by atoms with Crippen LogP contribution in [0.1, 0.15) is 16.7 Å². The van der Waals surface area contributed by atoms with E-state index in [-0.39, 0.29) is 11.3 Å². The van der Waals surface area contributed by atoms with Gasteiger partial charge in [-0.1, -0.05) is 47.5 Å². The van der Waals surface area contributed by atoms with Gasteiger partial charge >= 0.3 is 0 Å². The monoisotopic (exact) mass is 550 g/mol. The van der Waals surface area contributed by atoms with Crippen LogP contribution in [0, 0.1) is 25.0 Å². The second kappa shape index (κ2) is 9.94. The number of nitro benzene ring substituents is 1. The van der Waals surface area contributed by atoms with E-state index < -0.39 is 4.92 Å². The molecular weight excluding hydrogens is 538 g/mol. The van der Waals surface area contributed by atoms with Crippen molar-refractivity contribution in [2.24, 2.45) is 0 Å². The average molecular weight is 551 g/mol. The summed E-state index contributed by atoms with van der Waals surface area (Å²) in [5.41, 5.74) is 2.14. The SMILES string of the molecule is N#C/C(=C/c1cc(Cl)c(OCc2ccc(I)cc2)c(Cl)c1)c1cccc([N+](=O)[O-])c1. The maximum Gasteiger partial charge on any atom is 0.270 e. The van der Waals surface area contributed by atoms with Crippen molar-refractivity contribution in [2.45, 2.75) is 6.61 Å². The zero-order chi connectivity index (χ0) is 21.7. The van der Waals surface area contributed by atoms with Gasteiger partial charge in [0.05, 0.1) is 26.6 Å². The minimum Gasteiger partial charge on any atom is -0.486 e. The third-order valence-electron chi connectivity index (χ3n) is 4.12. The number of benzene rings is 3. The van der Waals surface area contributed by atoms with Crippen molar-refractivity contribution in [3.8, 4) is 11.8 Å². The van der Waals surface area contributed by atoms with Crippen molar-refractivity contribution < 1.29 is 9.66 Å². The zero-order valence-corrected chi connectivity index (χ0v) is 19.0. The molecule has 0 unspecified atom stereocenters. The largest absolute Gasteiger partial charge is 0.486 e. The lowest BCUT2D eigenvalue weighted by Crippen LogP contribution is -1.97. The molecule has 0 N–H and O–H groups in total. The Morgan fingerprint density at radius 1 is 1.13 bits per heavy atom. The van der Waals surface area contributed by atoms with Crippen molar-refractivity contribution in [3.63, 3.8) is 0 Å². The van der Waals surface area contributed by atoms with E-state index in [0.717, 1.165) is 9.13 Å². The summed E-state index contributed by atoms with van der Waals surface area (Å²) < 4.78 is 6.91. The van der Waals surface area contributed by atoms with Crippen LogP contribution in [0.25, 0.3) is 11.6 Å². The maximum absolute atomic E-state index is 11.0. The lowest BCUT2D eigenvalue weighted by atomic mass is 10.0. The van der Waals surface area contributed by atoms with E-state index in [4.69, 9.17) is 27.9 Å². The molecule has 0 radical (unpaired) electrons. The van der Waals surface area contributed by atoms with Gasteiger partial charge < -0.3 is 4.74 Å². The Hall–Kier alpha value is -2.60. The van der Waals surface area contributed by atoms with Crippen LogP contribution in [-0.4, -0.2) is 4.92 Å². The molecule has 150 valence electrons. The minimum atomic E-state index is -0.508. The Bertz CT molecular complexity index is 1150. The van der Waals surface area contributed by atoms with Gasteiger partial charge in [0.15, 0.2) is 5.75 Å². The first-order valence-corrected chi connectivity index (χ1v) is 10.4. The van der Waals surface area contributed by atoms with Gasteiger partial charge in [0.1, 0.15) is 6.61 Å². The summed E-state index contributed by atoms with van der Waals surface area (Å²) in [5, 5.41) is 21.1. The Labute approximate surface area is 196 Å². The first-order valence-electron chi connectivity index (χ1n) is 8.60. The number of halogens is 3. The second-order valence-corrected chi connectivity index (χ2v) is 8.27. The molecule has 0 atom stereocenters. The van der Waals surface area contributed by atoms with Gasteiger partial charge in [-0.15, -0.1) is 0 Å². The fraction of sp³-hybridized carbons (Fsp3) is 0.0455. The molecule has 3 aromatic rings. The highest BCUT2D eigenvalue weighted by molar-refractivity contribution is 14.1. The normalized spacial score (nSPS) is 11.1. The van der Waals surface area contributed by atoms with Gasteiger partial charge in [-0.2, -0.15) is 5.26 Å². The molecule has 3 aromatic carbocycles. The number of allylic oxidation sites excluding steroid dienone is 1. The van der Waals surface area contributed by atoms with E-state index in [1.54, 1.807) is 24.3 Å². The topological polar surface area (TPSA) is 76.2 Å². The Balaban J connectivity index is 1.86. The quantitative estimate of drug-likeness (QED) is 0.107. The van der Waals surface area contributed by atoms with Gasteiger partial charge in [-0.05, 0) is 69.6 Å². The van der Waals surface area contributed by atoms with E-state index in [9.17, 15) is 15.4 Å². The van der Waals surface area contributed by atoms with E-state index in [2.05, 4.69) is 28.7 Å². The highest BCUT2D eigenvalue weighted by Gasteiger charge is 2.12. The Kier molecular flexibility index (Phi) is 7.32. The highest BCUT2D eigenvalue weighted by Crippen LogP contribution is 2.36. The van der Waals surface area contributed by atoms with Gasteiger partial charge in [0.2, 0.25) is 0 Å².